The Labute approximate surface area is 182 Å². The van der Waals surface area contributed by atoms with E-state index in [2.05, 4.69) is 69.4 Å². The van der Waals surface area contributed by atoms with Gasteiger partial charge in [0.2, 0.25) is 0 Å². The maximum Gasteiger partial charge on any atom is 0.119 e. The highest BCUT2D eigenvalue weighted by atomic mass is 15.3. The van der Waals surface area contributed by atoms with Crippen molar-refractivity contribution in [3.63, 3.8) is 0 Å². The Morgan fingerprint density at radius 1 is 0.677 bits per heavy atom. The molecule has 0 saturated carbocycles. The van der Waals surface area contributed by atoms with Crippen LogP contribution < -0.4 is 0 Å². The summed E-state index contributed by atoms with van der Waals surface area (Å²) in [4.78, 5) is 9.10. The van der Waals surface area contributed by atoms with Crippen molar-refractivity contribution in [3.8, 4) is 22.5 Å². The highest BCUT2D eigenvalue weighted by molar-refractivity contribution is 5.97. The molecule has 0 unspecified atom stereocenters. The molecule has 5 aromatic rings. The summed E-state index contributed by atoms with van der Waals surface area (Å²) in [6, 6.07) is 27.0. The van der Waals surface area contributed by atoms with E-state index in [4.69, 9.17) is 5.10 Å². The van der Waals surface area contributed by atoms with Gasteiger partial charge in [0.1, 0.15) is 5.69 Å². The number of rotatable bonds is 7. The number of aromatic nitrogens is 4. The zero-order valence-corrected chi connectivity index (χ0v) is 17.4. The van der Waals surface area contributed by atoms with Crippen LogP contribution in [0.4, 0.5) is 0 Å². The van der Waals surface area contributed by atoms with Gasteiger partial charge in [0, 0.05) is 36.1 Å². The summed E-state index contributed by atoms with van der Waals surface area (Å²) in [5.41, 5.74) is 6.42. The molecule has 0 radical (unpaired) electrons. The molecule has 152 valence electrons. The SMILES string of the molecule is c1ccc(CCCCn2cc(-c3ccnc4ccccc34)c(-c3ccccn3)n2)cc1. The molecule has 0 amide bonds. The topological polar surface area (TPSA) is 43.6 Å². The zero-order valence-electron chi connectivity index (χ0n) is 17.4. The van der Waals surface area contributed by atoms with Crippen molar-refractivity contribution in [3.05, 3.63) is 103 Å². The summed E-state index contributed by atoms with van der Waals surface area (Å²) < 4.78 is 2.07. The maximum atomic E-state index is 4.94. The number of nitrogens with zero attached hydrogens (tertiary/aromatic N) is 4. The lowest BCUT2D eigenvalue weighted by Gasteiger charge is -2.06. The zero-order chi connectivity index (χ0) is 20.9. The molecule has 4 heteroatoms. The van der Waals surface area contributed by atoms with E-state index in [1.165, 1.54) is 5.56 Å². The van der Waals surface area contributed by atoms with E-state index in [0.717, 1.165) is 59.2 Å². The fourth-order valence-electron chi connectivity index (χ4n) is 4.00. The molecule has 3 heterocycles. The van der Waals surface area contributed by atoms with Crippen molar-refractivity contribution in [1.29, 1.82) is 0 Å². The molecule has 3 aromatic heterocycles. The van der Waals surface area contributed by atoms with Crippen LogP contribution in [-0.2, 0) is 13.0 Å². The summed E-state index contributed by atoms with van der Waals surface area (Å²) in [5.74, 6) is 0. The van der Waals surface area contributed by atoms with Crippen LogP contribution in [0.25, 0.3) is 33.4 Å². The fraction of sp³-hybridized carbons (Fsp3) is 0.148. The number of fused-ring (bicyclic) bond motifs is 1. The van der Waals surface area contributed by atoms with Gasteiger partial charge in [-0.1, -0.05) is 54.6 Å². The van der Waals surface area contributed by atoms with Crippen molar-refractivity contribution in [2.45, 2.75) is 25.8 Å². The van der Waals surface area contributed by atoms with Crippen LogP contribution in [0.5, 0.6) is 0 Å². The van der Waals surface area contributed by atoms with Crippen molar-refractivity contribution < 1.29 is 0 Å². The Kier molecular flexibility index (Phi) is 5.52. The number of aryl methyl sites for hydroxylation is 2. The van der Waals surface area contributed by atoms with Crippen molar-refractivity contribution in [2.75, 3.05) is 0 Å². The monoisotopic (exact) mass is 404 g/mol. The van der Waals surface area contributed by atoms with Gasteiger partial charge in [-0.05, 0) is 54.7 Å². The molecule has 31 heavy (non-hydrogen) atoms. The second kappa shape index (κ2) is 8.92. The average molecular weight is 405 g/mol. The lowest BCUT2D eigenvalue weighted by molar-refractivity contribution is 0.559. The number of para-hydroxylation sites is 1. The van der Waals surface area contributed by atoms with Crippen LogP contribution >= 0.6 is 0 Å². The molecule has 2 aromatic carbocycles. The molecule has 0 aliphatic carbocycles. The minimum absolute atomic E-state index is 0.885. The van der Waals surface area contributed by atoms with Gasteiger partial charge in [-0.15, -0.1) is 0 Å². The second-order valence-electron chi connectivity index (χ2n) is 7.69. The summed E-state index contributed by atoms with van der Waals surface area (Å²) in [5, 5.41) is 6.07. The molecule has 0 N–H and O–H groups in total. The van der Waals surface area contributed by atoms with E-state index in [9.17, 15) is 0 Å². The maximum absolute atomic E-state index is 4.94. The van der Waals surface area contributed by atoms with Gasteiger partial charge >= 0.3 is 0 Å². The molecule has 0 atom stereocenters. The number of hydrogen-bond donors (Lipinski definition) is 0. The molecular weight excluding hydrogens is 380 g/mol. The van der Waals surface area contributed by atoms with E-state index in [1.54, 1.807) is 0 Å². The van der Waals surface area contributed by atoms with Gasteiger partial charge in [0.15, 0.2) is 0 Å². The van der Waals surface area contributed by atoms with Crippen LogP contribution in [0.15, 0.2) is 97.5 Å². The fourth-order valence-corrected chi connectivity index (χ4v) is 4.00. The lowest BCUT2D eigenvalue weighted by atomic mass is 10.0. The first kappa shape index (κ1) is 19.2. The molecule has 0 bridgehead atoms. The van der Waals surface area contributed by atoms with Gasteiger partial charge < -0.3 is 0 Å². The third-order valence-electron chi connectivity index (χ3n) is 5.55. The van der Waals surface area contributed by atoms with Crippen molar-refractivity contribution in [2.24, 2.45) is 0 Å². The second-order valence-corrected chi connectivity index (χ2v) is 7.69. The molecule has 0 fully saturated rings. The van der Waals surface area contributed by atoms with Gasteiger partial charge in [0.05, 0.1) is 11.2 Å². The number of benzene rings is 2. The Balaban J connectivity index is 1.45. The predicted molar refractivity (Wildman–Crippen MR) is 126 cm³/mol. The molecule has 5 rings (SSSR count). The molecule has 4 nitrogen and oxygen atoms in total. The minimum atomic E-state index is 0.885. The van der Waals surface area contributed by atoms with E-state index in [1.807, 2.05) is 42.7 Å². The van der Waals surface area contributed by atoms with Crippen molar-refractivity contribution in [1.82, 2.24) is 19.7 Å². The first-order valence-electron chi connectivity index (χ1n) is 10.8. The quantitative estimate of drug-likeness (QED) is 0.304. The van der Waals surface area contributed by atoms with E-state index in [-0.39, 0.29) is 0 Å². The average Bonchev–Trinajstić information content (AvgIpc) is 3.27. The summed E-state index contributed by atoms with van der Waals surface area (Å²) >= 11 is 0. The van der Waals surface area contributed by atoms with E-state index < -0.39 is 0 Å². The predicted octanol–water partition coefficient (Wildman–Crippen LogP) is 6.18. The Hall–Kier alpha value is -3.79. The smallest absolute Gasteiger partial charge is 0.119 e. The first-order chi connectivity index (χ1) is 15.4. The summed E-state index contributed by atoms with van der Waals surface area (Å²) in [7, 11) is 0. The number of hydrogen-bond acceptors (Lipinski definition) is 3. The third-order valence-corrected chi connectivity index (χ3v) is 5.55. The van der Waals surface area contributed by atoms with Crippen LogP contribution in [-0.4, -0.2) is 19.7 Å². The third kappa shape index (κ3) is 4.24. The molecule has 0 saturated heterocycles. The molecule has 0 aliphatic rings. The van der Waals surface area contributed by atoms with Gasteiger partial charge in [-0.25, -0.2) is 0 Å². The van der Waals surface area contributed by atoms with Gasteiger partial charge in [-0.2, -0.15) is 5.10 Å². The molecular formula is C27H24N4. The van der Waals surface area contributed by atoms with E-state index in [0.29, 0.717) is 0 Å². The van der Waals surface area contributed by atoms with Crippen LogP contribution in [0, 0.1) is 0 Å². The summed E-state index contributed by atoms with van der Waals surface area (Å²) in [6.07, 6.45) is 9.16. The number of pyridine rings is 2. The number of unbranched alkanes of at least 4 members (excludes halogenated alkanes) is 1. The summed E-state index contributed by atoms with van der Waals surface area (Å²) in [6.45, 7) is 0.885. The first-order valence-corrected chi connectivity index (χ1v) is 10.8. The highest BCUT2D eigenvalue weighted by Crippen LogP contribution is 2.34. The largest absolute Gasteiger partial charge is 0.271 e. The lowest BCUT2D eigenvalue weighted by Crippen LogP contribution is -1.99. The van der Waals surface area contributed by atoms with Crippen LogP contribution in [0.3, 0.4) is 0 Å². The Morgan fingerprint density at radius 3 is 2.39 bits per heavy atom. The van der Waals surface area contributed by atoms with Gasteiger partial charge in [0.25, 0.3) is 0 Å². The van der Waals surface area contributed by atoms with E-state index >= 15 is 0 Å². The van der Waals surface area contributed by atoms with Crippen LogP contribution in [0.2, 0.25) is 0 Å². The van der Waals surface area contributed by atoms with Gasteiger partial charge in [-0.3, -0.25) is 14.6 Å². The molecule has 0 spiro atoms. The minimum Gasteiger partial charge on any atom is -0.271 e. The van der Waals surface area contributed by atoms with Crippen LogP contribution in [0.1, 0.15) is 18.4 Å². The Bertz CT molecular complexity index is 1270. The highest BCUT2D eigenvalue weighted by Gasteiger charge is 2.16. The molecule has 0 aliphatic heterocycles. The normalized spacial score (nSPS) is 11.1. The Morgan fingerprint density at radius 2 is 1.52 bits per heavy atom. The van der Waals surface area contributed by atoms with Crippen molar-refractivity contribution >= 4 is 10.9 Å². The standard InChI is InChI=1S/C27H24N4/c1-2-10-21(11-3-1)12-7-9-19-31-20-24(27(30-31)26-15-6-8-17-28-26)22-16-18-29-25-14-5-4-13-23(22)25/h1-6,8,10-11,13-18,20H,7,9,12,19H2.